The minimum absolute atomic E-state index is 0.00714. The van der Waals surface area contributed by atoms with E-state index in [0.717, 1.165) is 0 Å². The van der Waals surface area contributed by atoms with Crippen LogP contribution in [0, 0.1) is 0 Å². The summed E-state index contributed by atoms with van der Waals surface area (Å²) >= 11 is 22.9. The molecule has 0 aromatic heterocycles. The minimum atomic E-state index is -0.975. The number of hydrogen-bond acceptors (Lipinski definition) is 1. The zero-order valence-corrected chi connectivity index (χ0v) is 11.5. The smallest absolute Gasteiger partial charge is 0.304 e. The first-order valence-electron chi connectivity index (χ1n) is 4.59. The van der Waals surface area contributed by atoms with Gasteiger partial charge in [0.25, 0.3) is 0 Å². The zero-order chi connectivity index (χ0) is 13.0. The van der Waals surface area contributed by atoms with Crippen molar-refractivity contribution in [1.29, 1.82) is 0 Å². The Bertz CT molecular complexity index is 453. The van der Waals surface area contributed by atoms with E-state index in [9.17, 15) is 4.79 Å². The monoisotopic (exact) mass is 312 g/mol. The summed E-state index contributed by atoms with van der Waals surface area (Å²) in [5.74, 6) is -1.49. The van der Waals surface area contributed by atoms with E-state index in [4.69, 9.17) is 51.5 Å². The maximum absolute atomic E-state index is 10.8. The molecule has 0 amide bonds. The van der Waals surface area contributed by atoms with Crippen LogP contribution in [-0.2, 0) is 4.79 Å². The molecule has 0 saturated carbocycles. The Morgan fingerprint density at radius 1 is 1.35 bits per heavy atom. The Hall–Kier alpha value is -0.410. The quantitative estimate of drug-likeness (QED) is 0.861. The number of carbonyl (C=O) groups is 1. The lowest BCUT2D eigenvalue weighted by atomic mass is 9.96. The molecule has 0 spiro atoms. The van der Waals surface area contributed by atoms with Gasteiger partial charge in [-0.2, -0.15) is 0 Å². The largest absolute Gasteiger partial charge is 0.481 e. The van der Waals surface area contributed by atoms with Crippen LogP contribution < -0.4 is 0 Å². The molecule has 1 N–H and O–H groups in total. The van der Waals surface area contributed by atoms with Gasteiger partial charge < -0.3 is 5.11 Å². The molecule has 0 bridgehead atoms. The number of carboxylic acids is 1. The Morgan fingerprint density at radius 2 is 2.00 bits per heavy atom. The lowest BCUT2D eigenvalue weighted by Gasteiger charge is -2.13. The fourth-order valence-electron chi connectivity index (χ4n) is 1.40. The van der Waals surface area contributed by atoms with Gasteiger partial charge >= 0.3 is 5.97 Å². The van der Waals surface area contributed by atoms with Crippen molar-refractivity contribution in [2.24, 2.45) is 0 Å². The zero-order valence-electron chi connectivity index (χ0n) is 8.46. The second-order valence-corrected chi connectivity index (χ2v) is 5.18. The molecule has 0 aliphatic heterocycles. The number of rotatable bonds is 4. The minimum Gasteiger partial charge on any atom is -0.481 e. The lowest BCUT2D eigenvalue weighted by molar-refractivity contribution is -0.137. The second-order valence-electron chi connectivity index (χ2n) is 3.33. The van der Waals surface area contributed by atoms with Crippen LogP contribution in [-0.4, -0.2) is 11.1 Å². The van der Waals surface area contributed by atoms with E-state index in [0.29, 0.717) is 15.6 Å². The van der Waals surface area contributed by atoms with Crippen molar-refractivity contribution in [1.82, 2.24) is 0 Å². The van der Waals surface area contributed by atoms with E-state index in [1.165, 1.54) is 6.08 Å². The maximum Gasteiger partial charge on any atom is 0.304 e. The number of aliphatic carboxylic acids is 1. The number of halogens is 4. The van der Waals surface area contributed by atoms with Gasteiger partial charge in [0.15, 0.2) is 0 Å². The molecule has 0 aliphatic rings. The van der Waals surface area contributed by atoms with Gasteiger partial charge in [-0.1, -0.05) is 46.4 Å². The van der Waals surface area contributed by atoms with Crippen molar-refractivity contribution < 1.29 is 9.90 Å². The molecule has 1 atom stereocenters. The summed E-state index contributed by atoms with van der Waals surface area (Å²) in [5.41, 5.74) is 0.584. The molecule has 0 fully saturated rings. The molecule has 1 unspecified atom stereocenters. The molecular weight excluding hydrogens is 306 g/mol. The molecule has 2 nitrogen and oxygen atoms in total. The van der Waals surface area contributed by atoms with Crippen molar-refractivity contribution >= 4 is 52.4 Å². The van der Waals surface area contributed by atoms with Crippen LogP contribution in [0.3, 0.4) is 0 Å². The van der Waals surface area contributed by atoms with Crippen LogP contribution in [0.4, 0.5) is 0 Å². The van der Waals surface area contributed by atoms with Crippen LogP contribution >= 0.6 is 46.4 Å². The van der Waals surface area contributed by atoms with Crippen LogP contribution in [0.5, 0.6) is 0 Å². The van der Waals surface area contributed by atoms with Crippen molar-refractivity contribution in [3.8, 4) is 0 Å². The Balaban J connectivity index is 3.16. The van der Waals surface area contributed by atoms with Crippen molar-refractivity contribution in [2.75, 3.05) is 0 Å². The summed E-state index contributed by atoms with van der Waals surface area (Å²) in [6.07, 6.45) is 1.26. The molecule has 1 aromatic rings. The van der Waals surface area contributed by atoms with Crippen molar-refractivity contribution in [3.05, 3.63) is 44.4 Å². The second kappa shape index (κ2) is 6.50. The van der Waals surface area contributed by atoms with Gasteiger partial charge in [-0.15, -0.1) is 0 Å². The number of carboxylic acid groups (broad SMARTS) is 1. The normalized spacial score (nSPS) is 12.0. The third-order valence-corrected chi connectivity index (χ3v) is 2.91. The molecule has 6 heteroatoms. The summed E-state index contributed by atoms with van der Waals surface area (Å²) in [6.45, 7) is 0. The summed E-state index contributed by atoms with van der Waals surface area (Å²) in [6, 6.07) is 4.83. The van der Waals surface area contributed by atoms with Gasteiger partial charge in [-0.05, 0) is 29.8 Å². The molecule has 92 valence electrons. The fraction of sp³-hybridized carbons (Fsp3) is 0.182. The summed E-state index contributed by atoms with van der Waals surface area (Å²) in [7, 11) is 0. The highest BCUT2D eigenvalue weighted by Crippen LogP contribution is 2.32. The summed E-state index contributed by atoms with van der Waals surface area (Å²) in [4.78, 5) is 10.8. The topological polar surface area (TPSA) is 37.3 Å². The fourth-order valence-corrected chi connectivity index (χ4v) is 2.14. The Labute approximate surface area is 119 Å². The molecule has 0 saturated heterocycles. The number of hydrogen-bond donors (Lipinski definition) is 1. The van der Waals surface area contributed by atoms with Crippen molar-refractivity contribution in [3.63, 3.8) is 0 Å². The third-order valence-electron chi connectivity index (χ3n) is 2.08. The van der Waals surface area contributed by atoms with Crippen LogP contribution in [0.1, 0.15) is 17.9 Å². The highest BCUT2D eigenvalue weighted by Gasteiger charge is 2.17. The molecular formula is C11H8Cl4O2. The maximum atomic E-state index is 10.8. The first-order chi connectivity index (χ1) is 7.90. The van der Waals surface area contributed by atoms with Gasteiger partial charge in [0.2, 0.25) is 0 Å². The van der Waals surface area contributed by atoms with Gasteiger partial charge in [0, 0.05) is 16.0 Å². The standard InChI is InChI=1S/C11H8Cl4O2/c12-7-1-2-9(13)8(5-7)6(3-10(14)15)4-11(16)17/h1-3,5-6H,4H2,(H,16,17). The average molecular weight is 314 g/mol. The molecule has 1 aromatic carbocycles. The first-order valence-corrected chi connectivity index (χ1v) is 6.11. The van der Waals surface area contributed by atoms with E-state index >= 15 is 0 Å². The third kappa shape index (κ3) is 4.76. The molecule has 1 rings (SSSR count). The van der Waals surface area contributed by atoms with Gasteiger partial charge in [-0.25, -0.2) is 0 Å². The predicted octanol–water partition coefficient (Wildman–Crippen LogP) is 4.87. The number of benzene rings is 1. The van der Waals surface area contributed by atoms with Crippen molar-refractivity contribution in [2.45, 2.75) is 12.3 Å². The Kier molecular flexibility index (Phi) is 5.60. The summed E-state index contributed by atoms with van der Waals surface area (Å²) < 4.78 is -0.00714. The average Bonchev–Trinajstić information content (AvgIpc) is 2.19. The van der Waals surface area contributed by atoms with E-state index in [1.807, 2.05) is 0 Å². The lowest BCUT2D eigenvalue weighted by Crippen LogP contribution is -2.05. The highest BCUT2D eigenvalue weighted by molar-refractivity contribution is 6.55. The van der Waals surface area contributed by atoms with Crippen LogP contribution in [0.15, 0.2) is 28.8 Å². The van der Waals surface area contributed by atoms with E-state index in [-0.39, 0.29) is 10.9 Å². The van der Waals surface area contributed by atoms with Crippen LogP contribution in [0.2, 0.25) is 10.0 Å². The van der Waals surface area contributed by atoms with E-state index < -0.39 is 11.9 Å². The molecule has 17 heavy (non-hydrogen) atoms. The summed E-state index contributed by atoms with van der Waals surface area (Å²) in [5, 5.41) is 9.72. The predicted molar refractivity (Wildman–Crippen MR) is 71.2 cm³/mol. The molecule has 0 radical (unpaired) electrons. The van der Waals surface area contributed by atoms with Gasteiger partial charge in [-0.3, -0.25) is 4.79 Å². The first kappa shape index (κ1) is 14.7. The Morgan fingerprint density at radius 3 is 2.53 bits per heavy atom. The van der Waals surface area contributed by atoms with E-state index in [1.54, 1.807) is 18.2 Å². The molecule has 0 aliphatic carbocycles. The van der Waals surface area contributed by atoms with E-state index in [2.05, 4.69) is 0 Å². The highest BCUT2D eigenvalue weighted by atomic mass is 35.5. The van der Waals surface area contributed by atoms with Crippen LogP contribution in [0.25, 0.3) is 0 Å². The number of allylic oxidation sites excluding steroid dienone is 1. The van der Waals surface area contributed by atoms with Gasteiger partial charge in [0.05, 0.1) is 6.42 Å². The SMILES string of the molecule is O=C(O)CC(C=C(Cl)Cl)c1cc(Cl)ccc1Cl. The van der Waals surface area contributed by atoms with Gasteiger partial charge in [0.1, 0.15) is 4.49 Å². The molecule has 0 heterocycles.